The van der Waals surface area contributed by atoms with Gasteiger partial charge in [0.25, 0.3) is 11.3 Å². The van der Waals surface area contributed by atoms with E-state index in [1.165, 1.54) is 0 Å². The van der Waals surface area contributed by atoms with Crippen LogP contribution >= 0.6 is 11.6 Å². The van der Waals surface area contributed by atoms with Gasteiger partial charge < -0.3 is 0 Å². The molecule has 3 heterocycles. The molecule has 0 amide bonds. The van der Waals surface area contributed by atoms with E-state index < -0.39 is 0 Å². The quantitative estimate of drug-likeness (QED) is 0.481. The number of H-pyrrole nitrogens is 1. The molecule has 4 rings (SSSR count). The molecule has 0 saturated carbocycles. The third-order valence-corrected chi connectivity index (χ3v) is 3.35. The summed E-state index contributed by atoms with van der Waals surface area (Å²) in [6, 6.07) is 14.0. The van der Waals surface area contributed by atoms with Crippen LogP contribution in [0.5, 0.6) is 0 Å². The van der Waals surface area contributed by atoms with Crippen molar-refractivity contribution in [2.75, 3.05) is 0 Å². The molecule has 1 N–H and O–H groups in total. The van der Waals surface area contributed by atoms with Crippen molar-refractivity contribution in [1.29, 1.82) is 0 Å². The Labute approximate surface area is 108 Å². The smallest absolute Gasteiger partial charge is 0.220 e. The molecule has 3 aromatic heterocycles. The first-order valence-corrected chi connectivity index (χ1v) is 6.07. The van der Waals surface area contributed by atoms with E-state index in [4.69, 9.17) is 11.6 Å². The van der Waals surface area contributed by atoms with Gasteiger partial charge in [-0.15, -0.1) is 0 Å². The molecule has 86 valence electrons. The number of nitrogens with one attached hydrogen (secondary N) is 1. The van der Waals surface area contributed by atoms with Gasteiger partial charge in [0.2, 0.25) is 0 Å². The van der Waals surface area contributed by atoms with Crippen LogP contribution < -0.4 is 4.40 Å². The molecule has 0 atom stereocenters. The lowest BCUT2D eigenvalue weighted by Crippen LogP contribution is -2.18. The third-order valence-electron chi connectivity index (χ3n) is 3.12. The SMILES string of the molecule is Clc1ccc2[nH]c3nc4ccccc4cc3[n+]2c1. The molecule has 3 nitrogen and oxygen atoms in total. The number of aromatic amines is 1. The minimum atomic E-state index is 0.710. The second-order valence-corrected chi connectivity index (χ2v) is 4.71. The molecular weight excluding hydrogens is 246 g/mol. The minimum absolute atomic E-state index is 0.710. The molecule has 0 bridgehead atoms. The molecule has 1 aromatic carbocycles. The summed E-state index contributed by atoms with van der Waals surface area (Å²) in [4.78, 5) is 7.92. The van der Waals surface area contributed by atoms with E-state index in [1.807, 2.05) is 40.9 Å². The molecule has 4 heteroatoms. The molecule has 0 radical (unpaired) electrons. The van der Waals surface area contributed by atoms with Crippen molar-refractivity contribution in [2.24, 2.45) is 0 Å². The van der Waals surface area contributed by atoms with Gasteiger partial charge in [0.1, 0.15) is 6.20 Å². The van der Waals surface area contributed by atoms with Crippen molar-refractivity contribution in [3.8, 4) is 0 Å². The Morgan fingerprint density at radius 3 is 2.94 bits per heavy atom. The summed E-state index contributed by atoms with van der Waals surface area (Å²) in [6.45, 7) is 0. The van der Waals surface area contributed by atoms with Crippen molar-refractivity contribution in [3.63, 3.8) is 0 Å². The molecule has 0 unspecified atom stereocenters. The monoisotopic (exact) mass is 254 g/mol. The molecule has 0 saturated heterocycles. The van der Waals surface area contributed by atoms with Crippen LogP contribution in [0.4, 0.5) is 0 Å². The number of fused-ring (bicyclic) bond motifs is 4. The van der Waals surface area contributed by atoms with E-state index in [2.05, 4.69) is 22.1 Å². The fourth-order valence-electron chi connectivity index (χ4n) is 2.28. The van der Waals surface area contributed by atoms with Crippen molar-refractivity contribution in [3.05, 3.63) is 53.7 Å². The van der Waals surface area contributed by atoms with E-state index in [0.29, 0.717) is 5.02 Å². The van der Waals surface area contributed by atoms with E-state index in [1.54, 1.807) is 0 Å². The maximum Gasteiger partial charge on any atom is 0.286 e. The standard InChI is InChI=1S/C14H8ClN3/c15-10-5-6-13-17-14-12(18(13)8-10)7-9-3-1-2-4-11(9)16-14/h1-8H/p+1. The lowest BCUT2D eigenvalue weighted by atomic mass is 10.2. The topological polar surface area (TPSA) is 32.8 Å². The van der Waals surface area contributed by atoms with Gasteiger partial charge in [0.05, 0.1) is 10.5 Å². The predicted molar refractivity (Wildman–Crippen MR) is 71.8 cm³/mol. The summed E-state index contributed by atoms with van der Waals surface area (Å²) >= 11 is 6.04. The average Bonchev–Trinajstić information content (AvgIpc) is 2.73. The predicted octanol–water partition coefficient (Wildman–Crippen LogP) is 3.11. The first kappa shape index (κ1) is 9.85. The number of rotatable bonds is 0. The highest BCUT2D eigenvalue weighted by molar-refractivity contribution is 6.30. The number of nitrogens with zero attached hydrogens (tertiary/aromatic N) is 2. The lowest BCUT2D eigenvalue weighted by molar-refractivity contribution is -0.480. The van der Waals surface area contributed by atoms with Crippen LogP contribution in [-0.4, -0.2) is 9.97 Å². The molecule has 0 fully saturated rings. The summed E-state index contributed by atoms with van der Waals surface area (Å²) in [5.74, 6) is 0. The van der Waals surface area contributed by atoms with Crippen LogP contribution in [0.2, 0.25) is 5.02 Å². The normalized spacial score (nSPS) is 11.6. The average molecular weight is 255 g/mol. The highest BCUT2D eigenvalue weighted by atomic mass is 35.5. The summed E-state index contributed by atoms with van der Waals surface area (Å²) in [5.41, 5.74) is 3.88. The Morgan fingerprint density at radius 2 is 2.00 bits per heavy atom. The van der Waals surface area contributed by atoms with Crippen LogP contribution in [-0.2, 0) is 0 Å². The van der Waals surface area contributed by atoms with Crippen LogP contribution in [0.15, 0.2) is 48.7 Å². The van der Waals surface area contributed by atoms with Gasteiger partial charge >= 0.3 is 0 Å². The molecule has 4 aromatic rings. The van der Waals surface area contributed by atoms with Gasteiger partial charge in [-0.05, 0) is 12.1 Å². The van der Waals surface area contributed by atoms with Crippen molar-refractivity contribution < 1.29 is 4.40 Å². The van der Waals surface area contributed by atoms with Crippen molar-refractivity contribution >= 4 is 39.3 Å². The second-order valence-electron chi connectivity index (χ2n) is 4.28. The van der Waals surface area contributed by atoms with Crippen LogP contribution in [0, 0.1) is 0 Å². The molecule has 0 aliphatic carbocycles. The van der Waals surface area contributed by atoms with Crippen LogP contribution in [0.25, 0.3) is 27.7 Å². The first-order valence-electron chi connectivity index (χ1n) is 5.70. The van der Waals surface area contributed by atoms with Crippen molar-refractivity contribution in [2.45, 2.75) is 0 Å². The van der Waals surface area contributed by atoms with E-state index in [-0.39, 0.29) is 0 Å². The lowest BCUT2D eigenvalue weighted by Gasteiger charge is -1.94. The van der Waals surface area contributed by atoms with Crippen LogP contribution in [0.1, 0.15) is 0 Å². The number of imidazole rings is 1. The van der Waals surface area contributed by atoms with Gasteiger partial charge in [-0.3, -0.25) is 0 Å². The highest BCUT2D eigenvalue weighted by Crippen LogP contribution is 2.18. The minimum Gasteiger partial charge on any atom is -0.220 e. The molecule has 18 heavy (non-hydrogen) atoms. The Morgan fingerprint density at radius 1 is 1.11 bits per heavy atom. The summed E-state index contributed by atoms with van der Waals surface area (Å²) in [5, 5.41) is 1.83. The van der Waals surface area contributed by atoms with Gasteiger partial charge in [-0.1, -0.05) is 29.8 Å². The third kappa shape index (κ3) is 1.31. The largest absolute Gasteiger partial charge is 0.286 e. The first-order chi connectivity index (χ1) is 8.81. The van der Waals surface area contributed by atoms with Crippen molar-refractivity contribution in [1.82, 2.24) is 9.97 Å². The number of benzene rings is 1. The zero-order valence-corrected chi connectivity index (χ0v) is 10.1. The highest BCUT2D eigenvalue weighted by Gasteiger charge is 2.14. The molecular formula is C14H9ClN3+. The van der Waals surface area contributed by atoms with E-state index in [0.717, 1.165) is 27.7 Å². The van der Waals surface area contributed by atoms with Gasteiger partial charge in [-0.2, -0.15) is 4.40 Å². The Kier molecular flexibility index (Phi) is 1.88. The van der Waals surface area contributed by atoms with Crippen LogP contribution in [0.3, 0.4) is 0 Å². The summed E-state index contributed by atoms with van der Waals surface area (Å²) in [6.07, 6.45) is 1.90. The second kappa shape index (κ2) is 3.43. The number of halogens is 1. The van der Waals surface area contributed by atoms with Gasteiger partial charge in [0.15, 0.2) is 5.52 Å². The number of pyridine rings is 2. The summed E-state index contributed by atoms with van der Waals surface area (Å²) < 4.78 is 2.02. The number of hydrogen-bond acceptors (Lipinski definition) is 1. The van der Waals surface area contributed by atoms with Gasteiger partial charge in [0, 0.05) is 17.5 Å². The Balaban J connectivity index is 2.25. The van der Waals surface area contributed by atoms with E-state index in [9.17, 15) is 0 Å². The Hall–Kier alpha value is -2.13. The molecule has 0 aliphatic heterocycles. The zero-order chi connectivity index (χ0) is 12.1. The molecule has 0 spiro atoms. The Bertz CT molecular complexity index is 895. The van der Waals surface area contributed by atoms with Gasteiger partial charge in [-0.25, -0.2) is 9.97 Å². The number of para-hydroxylation sites is 1. The fraction of sp³-hybridized carbons (Fsp3) is 0. The van der Waals surface area contributed by atoms with E-state index >= 15 is 0 Å². The zero-order valence-electron chi connectivity index (χ0n) is 9.39. The fourth-order valence-corrected chi connectivity index (χ4v) is 2.44. The molecule has 0 aliphatic rings. The maximum absolute atomic E-state index is 6.04. The summed E-state index contributed by atoms with van der Waals surface area (Å²) in [7, 11) is 0. The number of aromatic nitrogens is 3. The number of hydrogen-bond donors (Lipinski definition) is 1. The maximum atomic E-state index is 6.04.